The van der Waals surface area contributed by atoms with Gasteiger partial charge in [0, 0.05) is 11.6 Å². The van der Waals surface area contributed by atoms with Crippen molar-refractivity contribution in [3.05, 3.63) is 18.2 Å². The molecular formula is C19H29N3O3S. The van der Waals surface area contributed by atoms with Crippen LogP contribution in [0.25, 0.3) is 0 Å². The van der Waals surface area contributed by atoms with Crippen molar-refractivity contribution in [2.75, 3.05) is 29.8 Å². The van der Waals surface area contributed by atoms with Crippen molar-refractivity contribution in [3.8, 4) is 5.75 Å². The first-order valence-corrected chi connectivity index (χ1v) is 10.5. The minimum atomic E-state index is -0.551. The number of benzene rings is 1. The zero-order valence-electron chi connectivity index (χ0n) is 15.5. The molecule has 2 amide bonds. The predicted molar refractivity (Wildman–Crippen MR) is 108 cm³/mol. The molecule has 0 aliphatic heterocycles. The van der Waals surface area contributed by atoms with Crippen LogP contribution in [0.1, 0.15) is 38.5 Å². The van der Waals surface area contributed by atoms with Gasteiger partial charge in [0.25, 0.3) is 0 Å². The van der Waals surface area contributed by atoms with Crippen LogP contribution in [0.5, 0.6) is 5.75 Å². The first-order chi connectivity index (χ1) is 12.5. The number of nitrogens with two attached hydrogens (primary N) is 1. The van der Waals surface area contributed by atoms with Crippen molar-refractivity contribution in [1.29, 1.82) is 0 Å². The summed E-state index contributed by atoms with van der Waals surface area (Å²) in [7, 11) is 1.56. The van der Waals surface area contributed by atoms with Gasteiger partial charge >= 0.3 is 0 Å². The van der Waals surface area contributed by atoms with Crippen LogP contribution < -0.4 is 21.1 Å². The molecule has 1 aliphatic carbocycles. The smallest absolute Gasteiger partial charge is 0.241 e. The van der Waals surface area contributed by atoms with Crippen LogP contribution in [0.2, 0.25) is 0 Å². The van der Waals surface area contributed by atoms with E-state index >= 15 is 0 Å². The highest BCUT2D eigenvalue weighted by atomic mass is 32.2. The van der Waals surface area contributed by atoms with Gasteiger partial charge in [-0.15, -0.1) is 0 Å². The molecule has 1 atom stereocenters. The number of methoxy groups -OCH3 is 1. The Hall–Kier alpha value is -1.73. The second-order valence-corrected chi connectivity index (χ2v) is 7.60. The second kappa shape index (κ2) is 10.4. The molecule has 1 aromatic carbocycles. The van der Waals surface area contributed by atoms with Crippen molar-refractivity contribution in [2.45, 2.75) is 44.6 Å². The number of ether oxygens (including phenoxy) is 1. The topological polar surface area (TPSA) is 93.4 Å². The summed E-state index contributed by atoms with van der Waals surface area (Å²) in [6.07, 6.45) is 7.84. The van der Waals surface area contributed by atoms with E-state index in [2.05, 4.69) is 10.6 Å². The SMILES string of the molecule is COc1ccc(NC(=O)[C@@H](N)CCSC)cc1NC(=O)C1CCCCC1. The number of carbonyl (C=O) groups excluding carboxylic acids is 2. The van der Waals surface area contributed by atoms with E-state index < -0.39 is 6.04 Å². The molecule has 0 spiro atoms. The van der Waals surface area contributed by atoms with Crippen LogP contribution in [-0.2, 0) is 9.59 Å². The fraction of sp³-hybridized carbons (Fsp3) is 0.579. The molecule has 2 rings (SSSR count). The zero-order chi connectivity index (χ0) is 18.9. The third-order valence-corrected chi connectivity index (χ3v) is 5.31. The summed E-state index contributed by atoms with van der Waals surface area (Å²) in [5, 5.41) is 5.77. The molecule has 6 nitrogen and oxygen atoms in total. The van der Waals surface area contributed by atoms with E-state index in [1.807, 2.05) is 6.26 Å². The number of nitrogens with one attached hydrogen (secondary N) is 2. The molecular weight excluding hydrogens is 350 g/mol. The Labute approximate surface area is 159 Å². The summed E-state index contributed by atoms with van der Waals surface area (Å²) in [5.41, 5.74) is 7.06. The molecule has 1 aliphatic rings. The Morgan fingerprint density at radius 3 is 2.65 bits per heavy atom. The summed E-state index contributed by atoms with van der Waals surface area (Å²) in [6.45, 7) is 0. The number of amides is 2. The lowest BCUT2D eigenvalue weighted by Crippen LogP contribution is -2.36. The monoisotopic (exact) mass is 379 g/mol. The van der Waals surface area contributed by atoms with Crippen molar-refractivity contribution in [3.63, 3.8) is 0 Å². The van der Waals surface area contributed by atoms with Gasteiger partial charge < -0.3 is 21.1 Å². The summed E-state index contributed by atoms with van der Waals surface area (Å²) >= 11 is 1.66. The van der Waals surface area contributed by atoms with E-state index in [1.165, 1.54) is 6.42 Å². The highest BCUT2D eigenvalue weighted by Gasteiger charge is 2.22. The Kier molecular flexibility index (Phi) is 8.25. The maximum atomic E-state index is 12.5. The van der Waals surface area contributed by atoms with Gasteiger partial charge in [-0.2, -0.15) is 11.8 Å². The molecule has 1 saturated carbocycles. The largest absolute Gasteiger partial charge is 0.495 e. The Morgan fingerprint density at radius 2 is 2.00 bits per heavy atom. The highest BCUT2D eigenvalue weighted by molar-refractivity contribution is 7.98. The Morgan fingerprint density at radius 1 is 1.27 bits per heavy atom. The first-order valence-electron chi connectivity index (χ1n) is 9.09. The van der Waals surface area contributed by atoms with Crippen LogP contribution in [-0.4, -0.2) is 37.0 Å². The van der Waals surface area contributed by atoms with E-state index in [9.17, 15) is 9.59 Å². The normalized spacial score (nSPS) is 16.0. The average molecular weight is 380 g/mol. The predicted octanol–water partition coefficient (Wildman–Crippen LogP) is 3.23. The van der Waals surface area contributed by atoms with E-state index in [0.29, 0.717) is 23.5 Å². The summed E-state index contributed by atoms with van der Waals surface area (Å²) in [5.74, 6) is 1.24. The van der Waals surface area contributed by atoms with Crippen molar-refractivity contribution in [2.24, 2.45) is 11.7 Å². The van der Waals surface area contributed by atoms with Gasteiger partial charge in [0.2, 0.25) is 11.8 Å². The van der Waals surface area contributed by atoms with Crippen LogP contribution in [0.4, 0.5) is 11.4 Å². The fourth-order valence-corrected chi connectivity index (χ4v) is 3.58. The average Bonchev–Trinajstić information content (AvgIpc) is 2.67. The summed E-state index contributed by atoms with van der Waals surface area (Å²) in [6, 6.07) is 4.65. The zero-order valence-corrected chi connectivity index (χ0v) is 16.4. The summed E-state index contributed by atoms with van der Waals surface area (Å²) < 4.78 is 5.34. The van der Waals surface area contributed by atoms with Gasteiger partial charge in [0.1, 0.15) is 5.75 Å². The molecule has 1 fully saturated rings. The minimum absolute atomic E-state index is 0.0168. The van der Waals surface area contributed by atoms with Crippen LogP contribution in [0.15, 0.2) is 18.2 Å². The molecule has 0 saturated heterocycles. The van der Waals surface area contributed by atoms with E-state index in [4.69, 9.17) is 10.5 Å². The molecule has 1 aromatic rings. The van der Waals surface area contributed by atoms with Crippen LogP contribution >= 0.6 is 11.8 Å². The van der Waals surface area contributed by atoms with Gasteiger partial charge in [0.05, 0.1) is 18.8 Å². The number of rotatable bonds is 8. The molecule has 0 heterocycles. The first kappa shape index (κ1) is 20.6. The molecule has 0 radical (unpaired) electrons. The van der Waals surface area contributed by atoms with Gasteiger partial charge in [-0.1, -0.05) is 19.3 Å². The van der Waals surface area contributed by atoms with Gasteiger partial charge in [-0.05, 0) is 49.5 Å². The van der Waals surface area contributed by atoms with E-state index in [-0.39, 0.29) is 17.7 Å². The fourth-order valence-electron chi connectivity index (χ4n) is 3.09. The standard InChI is InChI=1S/C19H29N3O3S/c1-25-17-9-8-14(21-19(24)15(20)10-11-26-2)12-16(17)22-18(23)13-6-4-3-5-7-13/h8-9,12-13,15H,3-7,10-11,20H2,1-2H3,(H,21,24)(H,22,23)/t15-/m0/s1. The Balaban J connectivity index is 2.04. The third-order valence-electron chi connectivity index (χ3n) is 4.67. The maximum absolute atomic E-state index is 12.5. The van der Waals surface area contributed by atoms with Crippen LogP contribution in [0.3, 0.4) is 0 Å². The third kappa shape index (κ3) is 5.92. The quantitative estimate of drug-likeness (QED) is 0.645. The number of carbonyl (C=O) groups is 2. The van der Waals surface area contributed by atoms with Crippen LogP contribution in [0, 0.1) is 5.92 Å². The second-order valence-electron chi connectivity index (χ2n) is 6.62. The number of hydrogen-bond donors (Lipinski definition) is 3. The lowest BCUT2D eigenvalue weighted by molar-refractivity contribution is -0.120. The molecule has 144 valence electrons. The molecule has 0 aromatic heterocycles. The van der Waals surface area contributed by atoms with Gasteiger partial charge in [0.15, 0.2) is 0 Å². The Bertz CT molecular complexity index is 618. The summed E-state index contributed by atoms with van der Waals surface area (Å²) in [4.78, 5) is 24.7. The van der Waals surface area contributed by atoms with E-state index in [1.54, 1.807) is 37.1 Å². The highest BCUT2D eigenvalue weighted by Crippen LogP contribution is 2.30. The van der Waals surface area contributed by atoms with Gasteiger partial charge in [-0.25, -0.2) is 0 Å². The van der Waals surface area contributed by atoms with E-state index in [0.717, 1.165) is 31.4 Å². The molecule has 26 heavy (non-hydrogen) atoms. The van der Waals surface area contributed by atoms with Gasteiger partial charge in [-0.3, -0.25) is 9.59 Å². The number of anilines is 2. The van der Waals surface area contributed by atoms with Crippen molar-refractivity contribution >= 4 is 35.0 Å². The molecule has 0 unspecified atom stereocenters. The maximum Gasteiger partial charge on any atom is 0.241 e. The lowest BCUT2D eigenvalue weighted by Gasteiger charge is -2.21. The molecule has 0 bridgehead atoms. The van der Waals surface area contributed by atoms with Crippen molar-refractivity contribution in [1.82, 2.24) is 0 Å². The number of thioether (sulfide) groups is 1. The minimum Gasteiger partial charge on any atom is -0.495 e. The molecule has 4 N–H and O–H groups in total. The molecule has 7 heteroatoms. The lowest BCUT2D eigenvalue weighted by atomic mass is 9.88. The number of hydrogen-bond acceptors (Lipinski definition) is 5. The van der Waals surface area contributed by atoms with Crippen molar-refractivity contribution < 1.29 is 14.3 Å².